The molecular weight excluding hydrogens is 386 g/mol. The molecule has 30 heavy (non-hydrogen) atoms. The standard InChI is InChI=1S/C22H23N3O5/c1-25(14-18-23-22(24-30-18)16-8-6-5-7-9-16)19(26)13-11-15-10-12-17(27-2)21(29-4)20(15)28-3/h5-13H,14H2,1-4H3/b13-11+. The smallest absolute Gasteiger partial charge is 0.246 e. The van der Waals surface area contributed by atoms with Crippen molar-refractivity contribution in [2.24, 2.45) is 0 Å². The van der Waals surface area contributed by atoms with Gasteiger partial charge in [-0.3, -0.25) is 4.79 Å². The van der Waals surface area contributed by atoms with E-state index in [4.69, 9.17) is 18.7 Å². The van der Waals surface area contributed by atoms with Crippen LogP contribution in [0.1, 0.15) is 11.5 Å². The van der Waals surface area contributed by atoms with Crippen LogP contribution >= 0.6 is 0 Å². The molecule has 0 atom stereocenters. The predicted octanol–water partition coefficient (Wildman–Crippen LogP) is 3.43. The third-order valence-electron chi connectivity index (χ3n) is 4.39. The van der Waals surface area contributed by atoms with Crippen LogP contribution in [0.4, 0.5) is 0 Å². The molecule has 0 aliphatic rings. The number of rotatable bonds is 8. The molecule has 8 heteroatoms. The lowest BCUT2D eigenvalue weighted by molar-refractivity contribution is -0.125. The highest BCUT2D eigenvalue weighted by atomic mass is 16.5. The monoisotopic (exact) mass is 409 g/mol. The molecule has 0 fully saturated rings. The van der Waals surface area contributed by atoms with Gasteiger partial charge in [-0.25, -0.2) is 0 Å². The van der Waals surface area contributed by atoms with E-state index in [0.717, 1.165) is 5.56 Å². The highest BCUT2D eigenvalue weighted by Crippen LogP contribution is 2.40. The second kappa shape index (κ2) is 9.60. The second-order valence-electron chi connectivity index (χ2n) is 6.33. The zero-order chi connectivity index (χ0) is 21.5. The van der Waals surface area contributed by atoms with Crippen LogP contribution in [0.25, 0.3) is 17.5 Å². The molecule has 0 bridgehead atoms. The van der Waals surface area contributed by atoms with Crippen molar-refractivity contribution in [1.29, 1.82) is 0 Å². The van der Waals surface area contributed by atoms with Crippen LogP contribution in [-0.4, -0.2) is 49.3 Å². The molecule has 0 aliphatic heterocycles. The Bertz CT molecular complexity index is 1030. The van der Waals surface area contributed by atoms with Gasteiger partial charge >= 0.3 is 0 Å². The van der Waals surface area contributed by atoms with Gasteiger partial charge < -0.3 is 23.6 Å². The number of likely N-dealkylation sites (N-methyl/N-ethyl adjacent to an activating group) is 1. The van der Waals surface area contributed by atoms with Crippen molar-refractivity contribution in [3.63, 3.8) is 0 Å². The van der Waals surface area contributed by atoms with Crippen molar-refractivity contribution in [1.82, 2.24) is 15.0 Å². The summed E-state index contributed by atoms with van der Waals surface area (Å²) in [6.07, 6.45) is 3.10. The molecule has 1 amide bonds. The Hall–Kier alpha value is -3.81. The van der Waals surface area contributed by atoms with Gasteiger partial charge in [0.25, 0.3) is 0 Å². The summed E-state index contributed by atoms with van der Waals surface area (Å²) < 4.78 is 21.3. The van der Waals surface area contributed by atoms with Crippen molar-refractivity contribution in [2.45, 2.75) is 6.54 Å². The lowest BCUT2D eigenvalue weighted by Gasteiger charge is -2.14. The Morgan fingerprint density at radius 2 is 1.77 bits per heavy atom. The van der Waals surface area contributed by atoms with Crippen LogP contribution in [0.15, 0.2) is 53.1 Å². The highest BCUT2D eigenvalue weighted by molar-refractivity contribution is 5.92. The third kappa shape index (κ3) is 4.60. The minimum Gasteiger partial charge on any atom is -0.493 e. The molecule has 0 unspecified atom stereocenters. The Labute approximate surface area is 174 Å². The zero-order valence-corrected chi connectivity index (χ0v) is 17.3. The summed E-state index contributed by atoms with van der Waals surface area (Å²) in [4.78, 5) is 18.3. The predicted molar refractivity (Wildman–Crippen MR) is 111 cm³/mol. The molecule has 8 nitrogen and oxygen atoms in total. The van der Waals surface area contributed by atoms with Gasteiger partial charge in [0.05, 0.1) is 27.9 Å². The van der Waals surface area contributed by atoms with E-state index < -0.39 is 0 Å². The van der Waals surface area contributed by atoms with Crippen molar-refractivity contribution < 1.29 is 23.5 Å². The summed E-state index contributed by atoms with van der Waals surface area (Å²) in [5.74, 6) is 2.08. The average Bonchev–Trinajstić information content (AvgIpc) is 3.25. The maximum atomic E-state index is 12.5. The van der Waals surface area contributed by atoms with Crippen molar-refractivity contribution in [2.75, 3.05) is 28.4 Å². The summed E-state index contributed by atoms with van der Waals surface area (Å²) in [7, 11) is 6.26. The fourth-order valence-electron chi connectivity index (χ4n) is 2.85. The molecule has 0 saturated heterocycles. The van der Waals surface area contributed by atoms with E-state index in [1.165, 1.54) is 25.2 Å². The number of hydrogen-bond donors (Lipinski definition) is 0. The number of carbonyl (C=O) groups is 1. The van der Waals surface area contributed by atoms with E-state index in [1.807, 2.05) is 30.3 Å². The summed E-state index contributed by atoms with van der Waals surface area (Å²) in [5.41, 5.74) is 1.53. The fraction of sp³-hybridized carbons (Fsp3) is 0.227. The summed E-state index contributed by atoms with van der Waals surface area (Å²) >= 11 is 0. The highest BCUT2D eigenvalue weighted by Gasteiger charge is 2.16. The van der Waals surface area contributed by atoms with E-state index in [9.17, 15) is 4.79 Å². The first-order valence-electron chi connectivity index (χ1n) is 9.17. The molecule has 0 N–H and O–H groups in total. The van der Waals surface area contributed by atoms with Crippen LogP contribution in [0.2, 0.25) is 0 Å². The topological polar surface area (TPSA) is 86.9 Å². The molecule has 0 radical (unpaired) electrons. The van der Waals surface area contributed by atoms with E-state index in [-0.39, 0.29) is 12.5 Å². The Balaban J connectivity index is 1.70. The number of nitrogens with zero attached hydrogens (tertiary/aromatic N) is 3. The van der Waals surface area contributed by atoms with Gasteiger partial charge in [0.2, 0.25) is 23.4 Å². The van der Waals surface area contributed by atoms with Gasteiger partial charge in [-0.15, -0.1) is 0 Å². The van der Waals surface area contributed by atoms with Gasteiger partial charge in [0, 0.05) is 24.3 Å². The second-order valence-corrected chi connectivity index (χ2v) is 6.33. The zero-order valence-electron chi connectivity index (χ0n) is 17.3. The van der Waals surface area contributed by atoms with E-state index in [2.05, 4.69) is 10.1 Å². The molecule has 3 rings (SSSR count). The van der Waals surface area contributed by atoms with Crippen LogP contribution in [0.3, 0.4) is 0 Å². The normalized spacial score (nSPS) is 10.8. The maximum Gasteiger partial charge on any atom is 0.246 e. The van der Waals surface area contributed by atoms with Crippen molar-refractivity contribution in [3.8, 4) is 28.6 Å². The molecule has 0 spiro atoms. The molecule has 1 aromatic heterocycles. The van der Waals surface area contributed by atoms with E-state index in [1.54, 1.807) is 32.4 Å². The number of carbonyl (C=O) groups excluding carboxylic acids is 1. The van der Waals surface area contributed by atoms with E-state index >= 15 is 0 Å². The molecule has 1 heterocycles. The summed E-state index contributed by atoms with van der Waals surface area (Å²) in [5, 5.41) is 3.97. The molecule has 156 valence electrons. The maximum absolute atomic E-state index is 12.5. The Kier molecular flexibility index (Phi) is 6.69. The van der Waals surface area contributed by atoms with Crippen LogP contribution in [0.5, 0.6) is 17.2 Å². The number of methoxy groups -OCH3 is 3. The van der Waals surface area contributed by atoms with Crippen molar-refractivity contribution in [3.05, 3.63) is 60.0 Å². The molecule has 0 aliphatic carbocycles. The van der Waals surface area contributed by atoms with Crippen molar-refractivity contribution >= 4 is 12.0 Å². The fourth-order valence-corrected chi connectivity index (χ4v) is 2.85. The quantitative estimate of drug-likeness (QED) is 0.527. The Morgan fingerprint density at radius 3 is 2.43 bits per heavy atom. The van der Waals surface area contributed by atoms with Gasteiger partial charge in [0.1, 0.15) is 0 Å². The molecule has 2 aromatic carbocycles. The third-order valence-corrected chi connectivity index (χ3v) is 4.39. The summed E-state index contributed by atoms with van der Waals surface area (Å²) in [6.45, 7) is 0.187. The lowest BCUT2D eigenvalue weighted by atomic mass is 10.1. The molecular formula is C22H23N3O5. The minimum absolute atomic E-state index is 0.187. The van der Waals surface area contributed by atoms with Gasteiger partial charge in [-0.05, 0) is 18.2 Å². The van der Waals surface area contributed by atoms with Gasteiger partial charge in [0.15, 0.2) is 11.5 Å². The van der Waals surface area contributed by atoms with Crippen LogP contribution < -0.4 is 14.2 Å². The molecule has 3 aromatic rings. The van der Waals surface area contributed by atoms with Crippen LogP contribution in [-0.2, 0) is 11.3 Å². The number of benzene rings is 2. The Morgan fingerprint density at radius 1 is 1.03 bits per heavy atom. The van der Waals surface area contributed by atoms with Gasteiger partial charge in [-0.1, -0.05) is 35.5 Å². The average molecular weight is 409 g/mol. The largest absolute Gasteiger partial charge is 0.493 e. The van der Waals surface area contributed by atoms with Gasteiger partial charge in [-0.2, -0.15) is 4.98 Å². The van der Waals surface area contributed by atoms with Crippen LogP contribution in [0, 0.1) is 0 Å². The number of aromatic nitrogens is 2. The van der Waals surface area contributed by atoms with E-state index in [0.29, 0.717) is 34.5 Å². The minimum atomic E-state index is -0.230. The first kappa shape index (κ1) is 20.9. The summed E-state index contributed by atoms with van der Waals surface area (Å²) in [6, 6.07) is 13.0. The molecule has 0 saturated carbocycles. The SMILES string of the molecule is COc1ccc(/C=C/C(=O)N(C)Cc2nc(-c3ccccc3)no2)c(OC)c1OC. The lowest BCUT2D eigenvalue weighted by Crippen LogP contribution is -2.24. The number of ether oxygens (including phenoxy) is 3. The first-order valence-corrected chi connectivity index (χ1v) is 9.17. The first-order chi connectivity index (χ1) is 14.6. The number of hydrogen-bond acceptors (Lipinski definition) is 7. The number of amides is 1.